The lowest BCUT2D eigenvalue weighted by Gasteiger charge is -2.52. The van der Waals surface area contributed by atoms with Crippen LogP contribution in [0.25, 0.3) is 0 Å². The van der Waals surface area contributed by atoms with Gasteiger partial charge in [0.2, 0.25) is 12.2 Å². The third kappa shape index (κ3) is 7.12. The number of thiophene rings is 1. The summed E-state index contributed by atoms with van der Waals surface area (Å²) in [6, 6.07) is 13.7. The first-order valence-corrected chi connectivity index (χ1v) is 17.3. The molecule has 2 saturated heterocycles. The molecule has 210 valence electrons. The Balaban J connectivity index is 1.69. The van der Waals surface area contributed by atoms with E-state index in [2.05, 4.69) is 33.9 Å². The lowest BCUT2D eigenvalue weighted by molar-refractivity contribution is -0.355. The first kappa shape index (κ1) is 30.2. The van der Waals surface area contributed by atoms with Gasteiger partial charge in [0.05, 0.1) is 13.2 Å². The van der Waals surface area contributed by atoms with Crippen molar-refractivity contribution in [3.05, 3.63) is 58.3 Å². The summed E-state index contributed by atoms with van der Waals surface area (Å²) in [4.78, 5) is 1.02. The zero-order valence-electron chi connectivity index (χ0n) is 22.0. The molecule has 38 heavy (non-hydrogen) atoms. The van der Waals surface area contributed by atoms with Crippen LogP contribution in [-0.4, -0.2) is 55.3 Å². The normalized spacial score (nSPS) is 28.5. The van der Waals surface area contributed by atoms with Crippen molar-refractivity contribution in [1.82, 2.24) is 0 Å². The van der Waals surface area contributed by atoms with Gasteiger partial charge in [-0.3, -0.25) is 5.41 Å². The van der Waals surface area contributed by atoms with E-state index in [4.69, 9.17) is 68.3 Å². The second-order valence-electron chi connectivity index (χ2n) is 10.9. The quantitative estimate of drug-likeness (QED) is 0.152. The van der Waals surface area contributed by atoms with Crippen molar-refractivity contribution in [2.45, 2.75) is 86.3 Å². The topological polar surface area (TPSA) is 79.2 Å². The zero-order valence-corrected chi connectivity index (χ0v) is 26.1. The Morgan fingerprint density at radius 2 is 1.76 bits per heavy atom. The summed E-state index contributed by atoms with van der Waals surface area (Å²) in [5.41, 5.74) is 0.893. The van der Waals surface area contributed by atoms with Crippen LogP contribution < -0.4 is 0 Å². The highest BCUT2D eigenvalue weighted by Gasteiger charge is 2.55. The zero-order chi connectivity index (χ0) is 27.7. The molecule has 0 aliphatic carbocycles. The predicted molar refractivity (Wildman–Crippen MR) is 153 cm³/mol. The van der Waals surface area contributed by atoms with Gasteiger partial charge in [-0.25, -0.2) is 0 Å². The van der Waals surface area contributed by atoms with Gasteiger partial charge in [0, 0.05) is 10.4 Å². The molecule has 2 unspecified atom stereocenters. The van der Waals surface area contributed by atoms with E-state index in [-0.39, 0.29) is 11.6 Å². The summed E-state index contributed by atoms with van der Waals surface area (Å²) in [6.07, 6.45) is -4.15. The van der Waals surface area contributed by atoms with Crippen LogP contribution in [0, 0.1) is 5.41 Å². The van der Waals surface area contributed by atoms with Crippen LogP contribution >= 0.6 is 46.1 Å². The highest BCUT2D eigenvalue weighted by molar-refractivity contribution is 7.09. The minimum absolute atomic E-state index is 0.0935. The van der Waals surface area contributed by atoms with E-state index in [0.29, 0.717) is 6.61 Å². The largest absolute Gasteiger partial charge is 0.445 e. The van der Waals surface area contributed by atoms with Crippen LogP contribution in [0.5, 0.6) is 0 Å². The van der Waals surface area contributed by atoms with Crippen LogP contribution in [0.3, 0.4) is 0 Å². The van der Waals surface area contributed by atoms with Crippen LogP contribution in [0.15, 0.2) is 47.8 Å². The number of nitrogens with one attached hydrogen (secondary N) is 1. The van der Waals surface area contributed by atoms with Gasteiger partial charge in [-0.2, -0.15) is 0 Å². The molecule has 2 aromatic rings. The fourth-order valence-electron chi connectivity index (χ4n) is 4.00. The average molecular weight is 623 g/mol. The third-order valence-electron chi connectivity index (χ3n) is 7.08. The van der Waals surface area contributed by atoms with Crippen LogP contribution in [-0.2, 0) is 34.7 Å². The predicted octanol–water partition coefficient (Wildman–Crippen LogP) is 7.23. The summed E-state index contributed by atoms with van der Waals surface area (Å²) >= 11 is 19.4. The fraction of sp³-hybridized carbons (Fsp3) is 0.577. The van der Waals surface area contributed by atoms with Crippen molar-refractivity contribution in [2.75, 3.05) is 6.61 Å². The lowest BCUT2D eigenvalue weighted by atomic mass is 9.97. The molecule has 1 N–H and O–H groups in total. The van der Waals surface area contributed by atoms with Crippen LogP contribution in [0.4, 0.5) is 0 Å². The maximum Gasteiger partial charge on any atom is 0.265 e. The SMILES string of the molecule is CC(C)(C)[Si](C)(C)O[C@H]1[C@@H]2OC(c3ccccc3)OC[C@H]2OC(OC(=N)C(Cl)(Cl)Cl)[C@@H]1OCc1cccs1. The van der Waals surface area contributed by atoms with Crippen LogP contribution in [0.2, 0.25) is 18.1 Å². The molecule has 0 saturated carbocycles. The summed E-state index contributed by atoms with van der Waals surface area (Å²) in [6.45, 7) is 11.4. The van der Waals surface area contributed by atoms with Gasteiger partial charge >= 0.3 is 0 Å². The summed E-state index contributed by atoms with van der Waals surface area (Å²) in [5.74, 6) is -0.568. The van der Waals surface area contributed by atoms with Gasteiger partial charge in [-0.15, -0.1) is 11.3 Å². The molecule has 2 aliphatic rings. The molecule has 0 bridgehead atoms. The Kier molecular flexibility index (Phi) is 9.57. The van der Waals surface area contributed by atoms with Crippen molar-refractivity contribution >= 4 is 60.4 Å². The summed E-state index contributed by atoms with van der Waals surface area (Å²) < 4.78 is 36.0. The molecule has 0 radical (unpaired) electrons. The van der Waals surface area contributed by atoms with Crippen molar-refractivity contribution < 1.29 is 28.1 Å². The van der Waals surface area contributed by atoms with Crippen molar-refractivity contribution in [3.8, 4) is 0 Å². The Morgan fingerprint density at radius 3 is 2.37 bits per heavy atom. The molecule has 7 nitrogen and oxygen atoms in total. The number of hydrogen-bond acceptors (Lipinski definition) is 8. The van der Waals surface area contributed by atoms with E-state index >= 15 is 0 Å². The number of fused-ring (bicyclic) bond motifs is 1. The highest BCUT2D eigenvalue weighted by atomic mass is 35.6. The summed E-state index contributed by atoms with van der Waals surface area (Å²) in [7, 11) is -2.35. The molecule has 2 aliphatic heterocycles. The third-order valence-corrected chi connectivity index (χ3v) is 12.9. The molecule has 6 atom stereocenters. The lowest BCUT2D eigenvalue weighted by Crippen LogP contribution is -2.66. The van der Waals surface area contributed by atoms with E-state index in [0.717, 1.165) is 10.4 Å². The van der Waals surface area contributed by atoms with E-state index < -0.39 is 55.0 Å². The van der Waals surface area contributed by atoms with E-state index in [1.165, 1.54) is 0 Å². The van der Waals surface area contributed by atoms with Gasteiger partial charge in [0.1, 0.15) is 24.4 Å². The smallest absolute Gasteiger partial charge is 0.265 e. The second kappa shape index (κ2) is 12.0. The molecule has 1 aromatic carbocycles. The first-order valence-electron chi connectivity index (χ1n) is 12.4. The molecule has 4 rings (SSSR count). The number of alkyl halides is 3. The maximum absolute atomic E-state index is 8.21. The standard InChI is InChI=1S/C26H34Cl3NO6SSi/c1-25(2,3)38(4,5)36-20-19-18(15-32-22(34-19)16-10-7-6-8-11-16)33-23(35-24(30)26(27,28)29)21(20)31-14-17-12-9-13-37-17/h6-13,18-23,30H,14-15H2,1-5H3/t18-,19-,20+,21-,22?,23?/m1/s1. The Bertz CT molecular complexity index is 1060. The Morgan fingerprint density at radius 1 is 1.05 bits per heavy atom. The van der Waals surface area contributed by atoms with Gasteiger partial charge in [-0.05, 0) is 29.6 Å². The molecule has 3 heterocycles. The highest BCUT2D eigenvalue weighted by Crippen LogP contribution is 2.43. The number of ether oxygens (including phenoxy) is 5. The number of rotatable bonds is 7. The molecule has 2 fully saturated rings. The minimum atomic E-state index is -2.35. The average Bonchev–Trinajstić information content (AvgIpc) is 3.36. The second-order valence-corrected chi connectivity index (χ2v) is 18.9. The minimum Gasteiger partial charge on any atom is -0.445 e. The van der Waals surface area contributed by atoms with Gasteiger partial charge in [-0.1, -0.05) is 92.0 Å². The Labute approximate surface area is 244 Å². The van der Waals surface area contributed by atoms with Crippen molar-refractivity contribution in [1.29, 1.82) is 5.41 Å². The maximum atomic E-state index is 8.21. The molecule has 1 aromatic heterocycles. The van der Waals surface area contributed by atoms with Gasteiger partial charge in [0.25, 0.3) is 3.79 Å². The molecular weight excluding hydrogens is 589 g/mol. The molecular formula is C26H34Cl3NO6SSi. The molecule has 0 amide bonds. The summed E-state index contributed by atoms with van der Waals surface area (Å²) in [5, 5.41) is 10.1. The number of halogens is 3. The molecule has 12 heteroatoms. The first-order chi connectivity index (χ1) is 17.8. The van der Waals surface area contributed by atoms with Crippen LogP contribution in [0.1, 0.15) is 37.5 Å². The fourth-order valence-corrected chi connectivity index (χ4v) is 6.07. The van der Waals surface area contributed by atoms with E-state index in [1.54, 1.807) is 11.3 Å². The Hall–Kier alpha value is -0.723. The van der Waals surface area contributed by atoms with Crippen molar-refractivity contribution in [2.24, 2.45) is 0 Å². The monoisotopic (exact) mass is 621 g/mol. The van der Waals surface area contributed by atoms with Gasteiger partial charge in [0.15, 0.2) is 14.6 Å². The van der Waals surface area contributed by atoms with E-state index in [9.17, 15) is 0 Å². The number of hydrogen-bond donors (Lipinski definition) is 1. The number of benzene rings is 1. The van der Waals surface area contributed by atoms with Crippen molar-refractivity contribution in [3.63, 3.8) is 0 Å². The molecule has 0 spiro atoms. The van der Waals surface area contributed by atoms with Gasteiger partial charge < -0.3 is 28.1 Å². The van der Waals surface area contributed by atoms with E-state index in [1.807, 2.05) is 47.8 Å².